The van der Waals surface area contributed by atoms with E-state index in [2.05, 4.69) is 0 Å². The molecule has 0 saturated heterocycles. The number of nitrogens with zero attached hydrogens (tertiary/aromatic N) is 1. The number of hydrogen-bond acceptors (Lipinski definition) is 9. The Balaban J connectivity index is 2.13. The molecule has 0 radical (unpaired) electrons. The predicted octanol–water partition coefficient (Wildman–Crippen LogP) is 1.64. The van der Waals surface area contributed by atoms with Gasteiger partial charge in [-0.05, 0) is 31.2 Å². The van der Waals surface area contributed by atoms with Crippen LogP contribution < -0.4 is 16.7 Å². The number of aromatic nitrogens is 1. The maximum Gasteiger partial charge on any atom is 0.340 e. The first-order chi connectivity index (χ1) is 15.0. The minimum atomic E-state index is -1.02. The lowest BCUT2D eigenvalue weighted by Crippen LogP contribution is -2.37. The van der Waals surface area contributed by atoms with Gasteiger partial charge in [-0.1, -0.05) is 12.2 Å². The van der Waals surface area contributed by atoms with Crippen molar-refractivity contribution in [2.24, 2.45) is 5.73 Å². The number of furan rings is 2. The molecule has 0 bridgehead atoms. The van der Waals surface area contributed by atoms with Gasteiger partial charge in [0.2, 0.25) is 5.55 Å². The molecule has 1 aliphatic heterocycles. The first-order valence-electron chi connectivity index (χ1n) is 9.28. The number of ether oxygens (including phenoxy) is 2. The number of nitrogens with two attached hydrogens (primary N) is 1. The van der Waals surface area contributed by atoms with Crippen LogP contribution in [0.2, 0.25) is 0 Å². The van der Waals surface area contributed by atoms with Crippen molar-refractivity contribution in [3.63, 3.8) is 0 Å². The highest BCUT2D eigenvalue weighted by atomic mass is 32.1. The van der Waals surface area contributed by atoms with Gasteiger partial charge in [0.15, 0.2) is 10.1 Å². The van der Waals surface area contributed by atoms with Crippen LogP contribution in [-0.2, 0) is 19.1 Å². The van der Waals surface area contributed by atoms with Gasteiger partial charge in [-0.25, -0.2) is 9.59 Å². The zero-order valence-electron chi connectivity index (χ0n) is 16.6. The van der Waals surface area contributed by atoms with E-state index in [-0.39, 0.29) is 44.9 Å². The van der Waals surface area contributed by atoms with E-state index in [1.807, 2.05) is 0 Å². The fourth-order valence-corrected chi connectivity index (χ4v) is 3.69. The van der Waals surface area contributed by atoms with Crippen LogP contribution in [0.5, 0.6) is 0 Å². The van der Waals surface area contributed by atoms with Gasteiger partial charge in [-0.2, -0.15) is 0 Å². The number of fused-ring (bicyclic) bond motifs is 1. The molecule has 0 spiro atoms. The normalized spacial score (nSPS) is 16.4. The molecule has 3 aromatic rings. The molecule has 0 aromatic carbocycles. The highest BCUT2D eigenvalue weighted by Crippen LogP contribution is 2.37. The van der Waals surface area contributed by atoms with E-state index in [0.717, 1.165) is 0 Å². The summed E-state index contributed by atoms with van der Waals surface area (Å²) in [6.07, 6.45) is 4.48. The summed E-state index contributed by atoms with van der Waals surface area (Å²) in [4.78, 5) is 25.7. The molecule has 1 unspecified atom stereocenters. The molecule has 0 amide bonds. The Hall–Kier alpha value is -3.79. The quantitative estimate of drug-likeness (QED) is 0.464. The first-order valence-corrected chi connectivity index (χ1v) is 9.68. The molecule has 10 heteroatoms. The number of carbonyl (C=O) groups is 2. The number of esters is 2. The molecule has 1 atom stereocenters. The molecule has 4 heterocycles. The van der Waals surface area contributed by atoms with E-state index in [1.165, 1.54) is 24.2 Å². The van der Waals surface area contributed by atoms with Gasteiger partial charge in [-0.3, -0.25) is 4.57 Å². The standard InChI is InChI=1S/C21H18N2O7S/c1-3-27-21(25)16-14(12-7-5-9-29-12)15(20(24)26-2)17(22)23-18(16)30-13(19(23)31)10-11-6-4-8-28-11/h4-10,14H,3,22H2,1-2H3. The molecule has 4 rings (SSSR count). The Kier molecular flexibility index (Phi) is 5.38. The summed E-state index contributed by atoms with van der Waals surface area (Å²) in [5.41, 5.74) is 6.60. The molecule has 0 fully saturated rings. The van der Waals surface area contributed by atoms with Crippen molar-refractivity contribution >= 4 is 41.6 Å². The molecule has 160 valence electrons. The highest BCUT2D eigenvalue weighted by Gasteiger charge is 2.41. The van der Waals surface area contributed by atoms with Gasteiger partial charge in [0.05, 0.1) is 37.7 Å². The van der Waals surface area contributed by atoms with Crippen molar-refractivity contribution in [2.75, 3.05) is 13.7 Å². The third-order valence-corrected chi connectivity index (χ3v) is 5.08. The van der Waals surface area contributed by atoms with Gasteiger partial charge in [-0.15, -0.1) is 0 Å². The Bertz CT molecular complexity index is 1340. The zero-order chi connectivity index (χ0) is 22.1. The second-order valence-electron chi connectivity index (χ2n) is 6.44. The van der Waals surface area contributed by atoms with Crippen LogP contribution in [0.3, 0.4) is 0 Å². The lowest BCUT2D eigenvalue weighted by molar-refractivity contribution is -0.136. The SMILES string of the molecule is CCOC(=O)C1=c2oc(=Cc3ccco3)c(=S)n2C(N)=C(C(=O)OC)C1c1ccco1. The number of carbonyl (C=O) groups excluding carboxylic acids is 2. The topological polar surface area (TPSA) is 123 Å². The van der Waals surface area contributed by atoms with Gasteiger partial charge >= 0.3 is 11.9 Å². The minimum absolute atomic E-state index is 0.0107. The summed E-state index contributed by atoms with van der Waals surface area (Å²) in [6.45, 7) is 1.77. The maximum atomic E-state index is 13.0. The van der Waals surface area contributed by atoms with Crippen molar-refractivity contribution in [3.8, 4) is 0 Å². The molecule has 31 heavy (non-hydrogen) atoms. The van der Waals surface area contributed by atoms with E-state index in [9.17, 15) is 9.59 Å². The molecular formula is C21H18N2O7S. The molecular weight excluding hydrogens is 424 g/mol. The summed E-state index contributed by atoms with van der Waals surface area (Å²) in [6, 6.07) is 6.66. The van der Waals surface area contributed by atoms with Crippen LogP contribution >= 0.6 is 12.2 Å². The predicted molar refractivity (Wildman–Crippen MR) is 110 cm³/mol. The Morgan fingerprint density at radius 3 is 2.55 bits per heavy atom. The molecule has 2 N–H and O–H groups in total. The van der Waals surface area contributed by atoms with E-state index >= 15 is 0 Å². The van der Waals surface area contributed by atoms with E-state index in [1.54, 1.807) is 37.3 Å². The van der Waals surface area contributed by atoms with Gasteiger partial charge in [0, 0.05) is 6.08 Å². The summed E-state index contributed by atoms with van der Waals surface area (Å²) >= 11 is 5.52. The third-order valence-electron chi connectivity index (χ3n) is 4.69. The number of hydrogen-bond donors (Lipinski definition) is 1. The van der Waals surface area contributed by atoms with Crippen molar-refractivity contribution < 1.29 is 32.3 Å². The first kappa shape index (κ1) is 20.5. The monoisotopic (exact) mass is 442 g/mol. The fourth-order valence-electron chi connectivity index (χ4n) is 3.41. The molecule has 9 nitrogen and oxygen atoms in total. The smallest absolute Gasteiger partial charge is 0.340 e. The summed E-state index contributed by atoms with van der Waals surface area (Å²) in [5.74, 6) is -1.74. The van der Waals surface area contributed by atoms with Crippen molar-refractivity contribution in [2.45, 2.75) is 12.8 Å². The Morgan fingerprint density at radius 2 is 1.94 bits per heavy atom. The van der Waals surface area contributed by atoms with Gasteiger partial charge < -0.3 is 28.5 Å². The third kappa shape index (κ3) is 3.40. The Labute approximate surface area is 180 Å². The van der Waals surface area contributed by atoms with Crippen LogP contribution in [0.25, 0.3) is 17.5 Å². The fraction of sp³-hybridized carbons (Fsp3) is 0.190. The van der Waals surface area contributed by atoms with Gasteiger partial charge in [0.1, 0.15) is 22.9 Å². The second-order valence-corrected chi connectivity index (χ2v) is 6.83. The largest absolute Gasteiger partial charge is 0.468 e. The minimum Gasteiger partial charge on any atom is -0.468 e. The van der Waals surface area contributed by atoms with Crippen LogP contribution in [0.15, 0.2) is 55.6 Å². The van der Waals surface area contributed by atoms with Gasteiger partial charge in [0.25, 0.3) is 0 Å². The molecule has 3 aromatic heterocycles. The maximum absolute atomic E-state index is 13.0. The average molecular weight is 442 g/mol. The van der Waals surface area contributed by atoms with E-state index < -0.39 is 17.9 Å². The average Bonchev–Trinajstić information content (AvgIpc) is 3.50. The number of rotatable bonds is 5. The highest BCUT2D eigenvalue weighted by molar-refractivity contribution is 7.71. The van der Waals surface area contributed by atoms with Crippen LogP contribution in [0.4, 0.5) is 0 Å². The van der Waals surface area contributed by atoms with Crippen molar-refractivity contribution in [3.05, 3.63) is 69.5 Å². The zero-order valence-corrected chi connectivity index (χ0v) is 17.4. The van der Waals surface area contributed by atoms with Crippen LogP contribution in [0, 0.1) is 4.64 Å². The summed E-state index contributed by atoms with van der Waals surface area (Å²) < 4.78 is 28.4. The molecule has 0 saturated carbocycles. The van der Waals surface area contributed by atoms with Crippen LogP contribution in [0.1, 0.15) is 24.4 Å². The lowest BCUT2D eigenvalue weighted by atomic mass is 9.87. The Morgan fingerprint density at radius 1 is 1.19 bits per heavy atom. The van der Waals surface area contributed by atoms with E-state index in [0.29, 0.717) is 5.76 Å². The number of oxazole rings is 1. The van der Waals surface area contributed by atoms with E-state index in [4.69, 9.17) is 40.7 Å². The van der Waals surface area contributed by atoms with Crippen molar-refractivity contribution in [1.82, 2.24) is 4.57 Å². The summed E-state index contributed by atoms with van der Waals surface area (Å²) in [5, 5.41) is 0. The number of methoxy groups -OCH3 is 1. The van der Waals surface area contributed by atoms with Crippen LogP contribution in [-0.4, -0.2) is 30.2 Å². The second kappa shape index (κ2) is 8.15. The lowest BCUT2D eigenvalue weighted by Gasteiger charge is -2.24. The molecule has 1 aliphatic rings. The van der Waals surface area contributed by atoms with Crippen molar-refractivity contribution in [1.29, 1.82) is 0 Å². The molecule has 0 aliphatic carbocycles. The summed E-state index contributed by atoms with van der Waals surface area (Å²) in [7, 11) is 1.21.